The molecule has 0 atom stereocenters. The van der Waals surface area contributed by atoms with Gasteiger partial charge in [-0.2, -0.15) is 0 Å². The Morgan fingerprint density at radius 3 is 2.52 bits per heavy atom. The first kappa shape index (κ1) is 18.8. The number of nitrogens with zero attached hydrogens (tertiary/aromatic N) is 2. The molecule has 0 saturated carbocycles. The van der Waals surface area contributed by atoms with Crippen molar-refractivity contribution in [1.82, 2.24) is 9.97 Å². The number of rotatable bonds is 7. The lowest BCUT2D eigenvalue weighted by molar-refractivity contribution is -0.136. The Morgan fingerprint density at radius 1 is 1.19 bits per heavy atom. The topological polar surface area (TPSA) is 75.1 Å². The molecule has 0 aliphatic heterocycles. The molecule has 6 heteroatoms. The van der Waals surface area contributed by atoms with Gasteiger partial charge in [0, 0.05) is 21.8 Å². The van der Waals surface area contributed by atoms with E-state index >= 15 is 0 Å². The number of carboxylic acids is 1. The quantitative estimate of drug-likeness (QED) is 0.570. The Balaban J connectivity index is 1.95. The Kier molecular flexibility index (Phi) is 5.66. The van der Waals surface area contributed by atoms with Crippen LogP contribution in [0.5, 0.6) is 0 Å². The Hall–Kier alpha value is -2.99. The van der Waals surface area contributed by atoms with E-state index in [0.29, 0.717) is 12.2 Å². The summed E-state index contributed by atoms with van der Waals surface area (Å²) in [7, 11) is 0. The van der Waals surface area contributed by atoms with Gasteiger partial charge >= 0.3 is 5.97 Å². The van der Waals surface area contributed by atoms with Gasteiger partial charge in [-0.3, -0.25) is 4.79 Å². The van der Waals surface area contributed by atoms with Crippen LogP contribution in [0.2, 0.25) is 0 Å². The molecule has 1 aromatic carbocycles. The molecular formula is C21H21N3O2S. The van der Waals surface area contributed by atoms with Crippen molar-refractivity contribution in [3.05, 3.63) is 70.8 Å². The lowest BCUT2D eigenvalue weighted by atomic mass is 10.1. The highest BCUT2D eigenvalue weighted by atomic mass is 32.1. The maximum Gasteiger partial charge on any atom is 0.307 e. The van der Waals surface area contributed by atoms with E-state index in [1.165, 1.54) is 4.88 Å². The molecule has 2 N–H and O–H groups in total. The van der Waals surface area contributed by atoms with Gasteiger partial charge in [0.15, 0.2) is 5.82 Å². The largest absolute Gasteiger partial charge is 0.481 e. The lowest BCUT2D eigenvalue weighted by Crippen LogP contribution is -2.05. The molecule has 0 bridgehead atoms. The van der Waals surface area contributed by atoms with E-state index in [9.17, 15) is 4.79 Å². The number of nitrogens with one attached hydrogen (secondary N) is 1. The third kappa shape index (κ3) is 4.60. The van der Waals surface area contributed by atoms with Crippen LogP contribution in [0.15, 0.2) is 49.1 Å². The molecule has 3 aromatic rings. The van der Waals surface area contributed by atoms with Gasteiger partial charge in [0.1, 0.15) is 5.82 Å². The fraction of sp³-hybridized carbons (Fsp3) is 0.190. The van der Waals surface area contributed by atoms with Crippen molar-refractivity contribution in [2.24, 2.45) is 0 Å². The van der Waals surface area contributed by atoms with E-state index in [-0.39, 0.29) is 6.42 Å². The fourth-order valence-electron chi connectivity index (χ4n) is 2.77. The second-order valence-corrected chi connectivity index (χ2v) is 7.54. The summed E-state index contributed by atoms with van der Waals surface area (Å²) < 4.78 is 0. The number of aryl methyl sites for hydroxylation is 2. The minimum absolute atomic E-state index is 0.0104. The fourth-order valence-corrected chi connectivity index (χ4v) is 3.57. The average Bonchev–Trinajstić information content (AvgIpc) is 3.05. The van der Waals surface area contributed by atoms with Gasteiger partial charge in [-0.1, -0.05) is 18.2 Å². The smallest absolute Gasteiger partial charge is 0.307 e. The monoisotopic (exact) mass is 379 g/mol. The number of aliphatic carboxylic acids is 1. The zero-order valence-corrected chi connectivity index (χ0v) is 16.1. The Labute approximate surface area is 162 Å². The highest BCUT2D eigenvalue weighted by molar-refractivity contribution is 7.15. The number of aromatic nitrogens is 2. The highest BCUT2D eigenvalue weighted by Crippen LogP contribution is 2.29. The number of hydrogen-bond donors (Lipinski definition) is 2. The molecule has 138 valence electrons. The Morgan fingerprint density at radius 2 is 1.93 bits per heavy atom. The van der Waals surface area contributed by atoms with E-state index < -0.39 is 5.97 Å². The summed E-state index contributed by atoms with van der Waals surface area (Å²) in [6.45, 7) is 7.87. The summed E-state index contributed by atoms with van der Waals surface area (Å²) in [4.78, 5) is 22.5. The SMILES string of the molecule is C=CCc1c(C)nc(-c2ccc(C)s2)nc1Nc1ccc(CC(=O)O)cc1. The number of hydrogen-bond acceptors (Lipinski definition) is 5. The summed E-state index contributed by atoms with van der Waals surface area (Å²) in [6.07, 6.45) is 2.51. The van der Waals surface area contributed by atoms with Crippen LogP contribution >= 0.6 is 11.3 Å². The van der Waals surface area contributed by atoms with Crippen molar-refractivity contribution >= 4 is 28.8 Å². The van der Waals surface area contributed by atoms with Crippen molar-refractivity contribution in [2.45, 2.75) is 26.7 Å². The maximum atomic E-state index is 10.8. The van der Waals surface area contributed by atoms with Crippen LogP contribution in [0.1, 0.15) is 21.7 Å². The van der Waals surface area contributed by atoms with E-state index in [1.807, 2.05) is 31.2 Å². The van der Waals surface area contributed by atoms with E-state index in [1.54, 1.807) is 23.5 Å². The molecule has 0 radical (unpaired) electrons. The first-order valence-corrected chi connectivity index (χ1v) is 9.41. The molecule has 0 aliphatic carbocycles. The van der Waals surface area contributed by atoms with Crippen LogP contribution in [0.3, 0.4) is 0 Å². The van der Waals surface area contributed by atoms with Crippen molar-refractivity contribution in [3.63, 3.8) is 0 Å². The maximum absolute atomic E-state index is 10.8. The van der Waals surface area contributed by atoms with Gasteiger partial charge < -0.3 is 10.4 Å². The average molecular weight is 379 g/mol. The minimum Gasteiger partial charge on any atom is -0.481 e. The minimum atomic E-state index is -0.841. The van der Waals surface area contributed by atoms with Crippen LogP contribution in [0.25, 0.3) is 10.7 Å². The molecule has 2 aromatic heterocycles. The predicted molar refractivity (Wildman–Crippen MR) is 110 cm³/mol. The summed E-state index contributed by atoms with van der Waals surface area (Å²) in [5, 5.41) is 12.3. The van der Waals surface area contributed by atoms with Gasteiger partial charge in [0.2, 0.25) is 0 Å². The lowest BCUT2D eigenvalue weighted by Gasteiger charge is -2.14. The molecule has 3 rings (SSSR count). The standard InChI is InChI=1S/C21H21N3O2S/c1-4-5-17-14(3)22-21(18-11-6-13(2)27-18)24-20(17)23-16-9-7-15(8-10-16)12-19(25)26/h4,6-11H,1,5,12H2,2-3H3,(H,25,26)(H,22,23,24). The van der Waals surface area contributed by atoms with Crippen molar-refractivity contribution in [1.29, 1.82) is 0 Å². The van der Waals surface area contributed by atoms with Crippen LogP contribution in [-0.2, 0) is 17.6 Å². The van der Waals surface area contributed by atoms with Crippen LogP contribution in [0, 0.1) is 13.8 Å². The third-order valence-corrected chi connectivity index (χ3v) is 5.09. The van der Waals surface area contributed by atoms with Crippen molar-refractivity contribution < 1.29 is 9.90 Å². The number of carbonyl (C=O) groups is 1. The van der Waals surface area contributed by atoms with Gasteiger partial charge in [0.05, 0.1) is 11.3 Å². The van der Waals surface area contributed by atoms with Crippen LogP contribution in [-0.4, -0.2) is 21.0 Å². The van der Waals surface area contributed by atoms with E-state index in [0.717, 1.165) is 33.2 Å². The van der Waals surface area contributed by atoms with Gasteiger partial charge in [0.25, 0.3) is 0 Å². The van der Waals surface area contributed by atoms with E-state index in [2.05, 4.69) is 29.9 Å². The van der Waals surface area contributed by atoms with Crippen LogP contribution < -0.4 is 5.32 Å². The number of carboxylic acid groups (broad SMARTS) is 1. The first-order chi connectivity index (χ1) is 13.0. The van der Waals surface area contributed by atoms with Gasteiger partial charge in [-0.15, -0.1) is 17.9 Å². The predicted octanol–water partition coefficient (Wildman–Crippen LogP) is 4.92. The second kappa shape index (κ2) is 8.14. The number of thiophene rings is 1. The van der Waals surface area contributed by atoms with Gasteiger partial charge in [-0.05, 0) is 50.1 Å². The first-order valence-electron chi connectivity index (χ1n) is 8.59. The molecule has 0 fully saturated rings. The molecule has 0 amide bonds. The third-order valence-electron chi connectivity index (χ3n) is 4.10. The molecule has 2 heterocycles. The zero-order valence-electron chi connectivity index (χ0n) is 15.3. The summed E-state index contributed by atoms with van der Waals surface area (Å²) in [5.41, 5.74) is 3.52. The molecule has 5 nitrogen and oxygen atoms in total. The molecular weight excluding hydrogens is 358 g/mol. The second-order valence-electron chi connectivity index (χ2n) is 6.26. The van der Waals surface area contributed by atoms with Crippen molar-refractivity contribution in [3.8, 4) is 10.7 Å². The number of benzene rings is 1. The summed E-state index contributed by atoms with van der Waals surface area (Å²) >= 11 is 1.66. The summed E-state index contributed by atoms with van der Waals surface area (Å²) in [6, 6.07) is 11.4. The number of allylic oxidation sites excluding steroid dienone is 1. The highest BCUT2D eigenvalue weighted by Gasteiger charge is 2.13. The molecule has 27 heavy (non-hydrogen) atoms. The zero-order chi connectivity index (χ0) is 19.4. The normalized spacial score (nSPS) is 10.6. The molecule has 0 unspecified atom stereocenters. The van der Waals surface area contributed by atoms with Crippen molar-refractivity contribution in [2.75, 3.05) is 5.32 Å². The van der Waals surface area contributed by atoms with Crippen LogP contribution in [0.4, 0.5) is 11.5 Å². The van der Waals surface area contributed by atoms with Gasteiger partial charge in [-0.25, -0.2) is 9.97 Å². The molecule has 0 saturated heterocycles. The summed E-state index contributed by atoms with van der Waals surface area (Å²) in [5.74, 6) is 0.601. The van der Waals surface area contributed by atoms with E-state index in [4.69, 9.17) is 10.1 Å². The Bertz CT molecular complexity index is 978. The molecule has 0 aliphatic rings. The molecule has 0 spiro atoms. The number of anilines is 2.